The zero-order valence-corrected chi connectivity index (χ0v) is 29.1. The number of thiazole rings is 2. The van der Waals surface area contributed by atoms with Crippen LogP contribution in [-0.4, -0.2) is 35.1 Å². The van der Waals surface area contributed by atoms with Crippen molar-refractivity contribution in [3.63, 3.8) is 0 Å². The summed E-state index contributed by atoms with van der Waals surface area (Å²) in [4.78, 5) is 38.7. The number of urea groups is 2. The van der Waals surface area contributed by atoms with E-state index in [0.29, 0.717) is 49.2 Å². The molecule has 6 rings (SSSR count). The molecule has 0 aliphatic rings. The van der Waals surface area contributed by atoms with Gasteiger partial charge in [0.05, 0.1) is 36.8 Å². The first-order chi connectivity index (χ1) is 25.5. The zero-order valence-electron chi connectivity index (χ0n) is 27.5. The van der Waals surface area contributed by atoms with Gasteiger partial charge < -0.3 is 22.1 Å². The number of anilines is 4. The average molecular weight is 765 g/mol. The van der Waals surface area contributed by atoms with Gasteiger partial charge in [-0.3, -0.25) is 0 Å². The van der Waals surface area contributed by atoms with Crippen LogP contribution in [0.3, 0.4) is 0 Å². The molecule has 4 aromatic carbocycles. The van der Waals surface area contributed by atoms with E-state index in [9.17, 15) is 31.5 Å². The van der Waals surface area contributed by atoms with Crippen molar-refractivity contribution in [3.8, 4) is 20.9 Å². The van der Waals surface area contributed by atoms with Crippen LogP contribution in [0.5, 0.6) is 0 Å². The number of hydrogen-bond donors (Lipinski definition) is 4. The van der Waals surface area contributed by atoms with Gasteiger partial charge in [-0.05, 0) is 60.6 Å². The maximum Gasteiger partial charge on any atom is 0.346 e. The lowest BCUT2D eigenvalue weighted by atomic mass is 10.1. The minimum atomic E-state index is -1.48. The van der Waals surface area contributed by atoms with Crippen molar-refractivity contribution in [2.24, 2.45) is 11.5 Å². The van der Waals surface area contributed by atoms with Gasteiger partial charge in [0, 0.05) is 49.1 Å². The van der Waals surface area contributed by atoms with E-state index in [1.165, 1.54) is 46.9 Å². The number of hydrazine groups is 1. The van der Waals surface area contributed by atoms with Gasteiger partial charge in [0.25, 0.3) is 0 Å². The van der Waals surface area contributed by atoms with Crippen LogP contribution in [0.25, 0.3) is 20.9 Å². The molecule has 2 heterocycles. The summed E-state index contributed by atoms with van der Waals surface area (Å²) in [5, 5.41) is 7.89. The zero-order chi connectivity index (χ0) is 37.6. The van der Waals surface area contributed by atoms with Crippen LogP contribution in [0.15, 0.2) is 91.3 Å². The highest BCUT2D eigenvalue weighted by molar-refractivity contribution is 7.15. The number of benzene rings is 4. The van der Waals surface area contributed by atoms with Crippen molar-refractivity contribution in [3.05, 3.63) is 130 Å². The maximum atomic E-state index is 14.8. The number of halogens is 5. The summed E-state index contributed by atoms with van der Waals surface area (Å²) < 4.78 is 71.2. The fourth-order valence-corrected chi connectivity index (χ4v) is 7.01. The molecule has 0 spiro atoms. The van der Waals surface area contributed by atoms with Crippen molar-refractivity contribution >= 4 is 57.5 Å². The third-order valence-electron chi connectivity index (χ3n) is 7.57. The normalized spacial score (nSPS) is 11.0. The van der Waals surface area contributed by atoms with E-state index in [1.54, 1.807) is 36.7 Å². The topological polar surface area (TPSA) is 142 Å². The first-order valence-corrected chi connectivity index (χ1v) is 17.5. The van der Waals surface area contributed by atoms with Crippen molar-refractivity contribution in [1.82, 2.24) is 9.97 Å². The SMILES string of the molecule is NCCc1ncc(-c2ccc(N(C(=O)Nc3cc(F)cc(F)c3)N(C(=O)Nc3cc(F)c(F)cc3F)c3ccc(-c4cnc(CCN)s4)cc3)cc2)s1. The molecule has 0 unspecified atom stereocenters. The van der Waals surface area contributed by atoms with Gasteiger partial charge in [0.15, 0.2) is 11.6 Å². The Morgan fingerprint density at radius 1 is 0.604 bits per heavy atom. The molecule has 0 radical (unpaired) electrons. The van der Waals surface area contributed by atoms with Crippen LogP contribution >= 0.6 is 22.7 Å². The number of carbonyl (C=O) groups is 2. The van der Waals surface area contributed by atoms with E-state index in [4.69, 9.17) is 11.5 Å². The average Bonchev–Trinajstić information content (AvgIpc) is 3.80. The number of rotatable bonds is 10. The van der Waals surface area contributed by atoms with E-state index < -0.39 is 46.8 Å². The molecular formula is C36H29F5N8O2S2. The van der Waals surface area contributed by atoms with Gasteiger partial charge in [0.2, 0.25) is 0 Å². The Morgan fingerprint density at radius 3 is 1.53 bits per heavy atom. The molecular weight excluding hydrogens is 736 g/mol. The van der Waals surface area contributed by atoms with Crippen LogP contribution in [-0.2, 0) is 12.8 Å². The lowest BCUT2D eigenvalue weighted by Crippen LogP contribution is -2.54. The quantitative estimate of drug-likeness (QED) is 0.0628. The van der Waals surface area contributed by atoms with Crippen molar-refractivity contribution < 1.29 is 31.5 Å². The molecule has 0 bridgehead atoms. The lowest BCUT2D eigenvalue weighted by molar-refractivity contribution is 0.248. The molecule has 10 nitrogen and oxygen atoms in total. The highest BCUT2D eigenvalue weighted by Crippen LogP contribution is 2.33. The summed E-state index contributed by atoms with van der Waals surface area (Å²) in [6.45, 7) is 0.827. The monoisotopic (exact) mass is 764 g/mol. The van der Waals surface area contributed by atoms with Crippen molar-refractivity contribution in [1.29, 1.82) is 0 Å². The fourth-order valence-electron chi connectivity index (χ4n) is 5.14. The van der Waals surface area contributed by atoms with Gasteiger partial charge in [-0.2, -0.15) is 10.0 Å². The molecule has 0 saturated carbocycles. The van der Waals surface area contributed by atoms with Gasteiger partial charge in [0.1, 0.15) is 17.5 Å². The number of nitrogens with zero attached hydrogens (tertiary/aromatic N) is 4. The minimum absolute atomic E-state index is 0.0412. The Balaban J connectivity index is 1.45. The summed E-state index contributed by atoms with van der Waals surface area (Å²) in [7, 11) is 0. The Kier molecular flexibility index (Phi) is 11.4. The fraction of sp³-hybridized carbons (Fsp3) is 0.111. The Bertz CT molecular complexity index is 2230. The van der Waals surface area contributed by atoms with Gasteiger partial charge in [-0.1, -0.05) is 24.3 Å². The molecule has 6 aromatic rings. The Hall–Kier alpha value is -5.75. The van der Waals surface area contributed by atoms with Gasteiger partial charge in [-0.15, -0.1) is 22.7 Å². The predicted molar refractivity (Wildman–Crippen MR) is 196 cm³/mol. The van der Waals surface area contributed by atoms with Crippen molar-refractivity contribution in [2.75, 3.05) is 33.7 Å². The molecule has 272 valence electrons. The number of amides is 4. The molecule has 6 N–H and O–H groups in total. The van der Waals surface area contributed by atoms with Crippen LogP contribution in [0, 0.1) is 29.1 Å². The van der Waals surface area contributed by atoms with Crippen LogP contribution in [0.4, 0.5) is 54.3 Å². The molecule has 0 aliphatic heterocycles. The molecule has 0 aliphatic carbocycles. The van der Waals surface area contributed by atoms with Crippen LogP contribution in [0.2, 0.25) is 0 Å². The number of hydrogen-bond acceptors (Lipinski definition) is 8. The number of carbonyl (C=O) groups excluding carboxylic acids is 2. The number of aromatic nitrogens is 2. The summed E-state index contributed by atoms with van der Waals surface area (Å²) in [6, 6.07) is 13.4. The molecule has 0 fully saturated rings. The lowest BCUT2D eigenvalue weighted by Gasteiger charge is -2.35. The second kappa shape index (κ2) is 16.3. The Morgan fingerprint density at radius 2 is 1.06 bits per heavy atom. The molecule has 17 heteroatoms. The second-order valence-corrected chi connectivity index (χ2v) is 13.5. The van der Waals surface area contributed by atoms with Crippen molar-refractivity contribution in [2.45, 2.75) is 12.8 Å². The smallest absolute Gasteiger partial charge is 0.330 e. The summed E-state index contributed by atoms with van der Waals surface area (Å²) >= 11 is 2.83. The molecule has 0 saturated heterocycles. The minimum Gasteiger partial charge on any atom is -0.330 e. The van der Waals surface area contributed by atoms with Gasteiger partial charge in [-0.25, -0.2) is 41.5 Å². The molecule has 0 atom stereocenters. The third kappa shape index (κ3) is 8.66. The van der Waals surface area contributed by atoms with E-state index >= 15 is 0 Å². The predicted octanol–water partition coefficient (Wildman–Crippen LogP) is 8.32. The van der Waals surface area contributed by atoms with Crippen LogP contribution < -0.4 is 32.1 Å². The first-order valence-electron chi connectivity index (χ1n) is 15.9. The molecule has 53 heavy (non-hydrogen) atoms. The largest absolute Gasteiger partial charge is 0.346 e. The highest BCUT2D eigenvalue weighted by Gasteiger charge is 2.31. The molecule has 4 amide bonds. The third-order valence-corrected chi connectivity index (χ3v) is 9.78. The first kappa shape index (κ1) is 37.0. The standard InChI is InChI=1S/C36H29F5N8O2S2/c37-22-13-23(38)15-24(14-22)46-35(50)48(25-5-1-20(2-6-25)31-18-44-33(52-31)9-11-42)49(36(51)47-30-17-28(40)27(39)16-29(30)41)26-7-3-21(4-8-26)32-19-45-34(53-32)10-12-43/h1-8,13-19H,9-12,42-43H2,(H,46,50)(H,47,51). The number of nitrogens with one attached hydrogen (secondary N) is 2. The number of nitrogens with two attached hydrogens (primary N) is 2. The Labute approximate surface area is 307 Å². The van der Waals surface area contributed by atoms with Gasteiger partial charge >= 0.3 is 12.1 Å². The van der Waals surface area contributed by atoms with E-state index in [1.807, 2.05) is 0 Å². The highest BCUT2D eigenvalue weighted by atomic mass is 32.1. The second-order valence-electron chi connectivity index (χ2n) is 11.3. The van der Waals surface area contributed by atoms with Crippen LogP contribution in [0.1, 0.15) is 10.0 Å². The van der Waals surface area contributed by atoms with E-state index in [-0.39, 0.29) is 23.1 Å². The molecule has 2 aromatic heterocycles. The van der Waals surface area contributed by atoms with E-state index in [2.05, 4.69) is 20.6 Å². The summed E-state index contributed by atoms with van der Waals surface area (Å²) in [5.74, 6) is -6.17. The summed E-state index contributed by atoms with van der Waals surface area (Å²) in [6.07, 6.45) is 4.50. The maximum absolute atomic E-state index is 14.8. The van der Waals surface area contributed by atoms with E-state index in [0.717, 1.165) is 41.9 Å². The summed E-state index contributed by atoms with van der Waals surface area (Å²) in [5.41, 5.74) is 11.8.